The molecule has 0 unspecified atom stereocenters. The highest BCUT2D eigenvalue weighted by molar-refractivity contribution is 6.16. The van der Waals surface area contributed by atoms with Gasteiger partial charge in [0.05, 0.1) is 11.0 Å². The molecule has 282 valence electrons. The van der Waals surface area contributed by atoms with Crippen LogP contribution >= 0.6 is 0 Å². The Labute approximate surface area is 350 Å². The zero-order valence-corrected chi connectivity index (χ0v) is 33.0. The third kappa shape index (κ3) is 6.32. The average Bonchev–Trinajstić information content (AvgIpc) is 3.67. The summed E-state index contributed by atoms with van der Waals surface area (Å²) in [5, 5.41) is 4.95. The van der Waals surface area contributed by atoms with Crippen LogP contribution in [0.3, 0.4) is 0 Å². The van der Waals surface area contributed by atoms with Gasteiger partial charge in [-0.2, -0.15) is 0 Å². The Hall–Kier alpha value is -7.94. The third-order valence-corrected chi connectivity index (χ3v) is 11.8. The molecule has 0 saturated carbocycles. The summed E-state index contributed by atoms with van der Waals surface area (Å²) in [6.07, 6.45) is 0. The fourth-order valence-corrected chi connectivity index (χ4v) is 8.94. The van der Waals surface area contributed by atoms with E-state index in [1.807, 2.05) is 0 Å². The highest BCUT2D eigenvalue weighted by Gasteiger charge is 2.20. The standard InChI is InChI=1S/C58H40N2/c1-4-15-41(16-5-1)43-29-33-49(34-30-43)59(50-35-31-45(32-36-50)53-26-13-20-44-19-10-11-25-52(44)53)51-37-38-55-57(40-51)60(48-23-8-3-9-24-48)56-28-14-27-54(58(55)56)47-22-12-21-46(39-47)42-17-6-2-7-18-42/h1-40H. The molecule has 10 aromatic carbocycles. The first-order valence-corrected chi connectivity index (χ1v) is 20.6. The van der Waals surface area contributed by atoms with Crippen LogP contribution in [0.1, 0.15) is 0 Å². The lowest BCUT2D eigenvalue weighted by Gasteiger charge is -2.26. The maximum Gasteiger partial charge on any atom is 0.0562 e. The quantitative estimate of drug-likeness (QED) is 0.150. The Balaban J connectivity index is 1.10. The van der Waals surface area contributed by atoms with Gasteiger partial charge in [0.25, 0.3) is 0 Å². The van der Waals surface area contributed by atoms with E-state index in [-0.39, 0.29) is 0 Å². The molecule has 0 bridgehead atoms. The minimum absolute atomic E-state index is 1.08. The molecule has 0 amide bonds. The lowest BCUT2D eigenvalue weighted by molar-refractivity contribution is 1.18. The van der Waals surface area contributed by atoms with Gasteiger partial charge in [0.1, 0.15) is 0 Å². The predicted molar refractivity (Wildman–Crippen MR) is 255 cm³/mol. The Morgan fingerprint density at radius 3 is 1.53 bits per heavy atom. The van der Waals surface area contributed by atoms with Crippen molar-refractivity contribution in [1.29, 1.82) is 0 Å². The normalized spacial score (nSPS) is 11.3. The van der Waals surface area contributed by atoms with Crippen LogP contribution < -0.4 is 4.90 Å². The van der Waals surface area contributed by atoms with Crippen LogP contribution in [0, 0.1) is 0 Å². The van der Waals surface area contributed by atoms with Gasteiger partial charge in [0.2, 0.25) is 0 Å². The molecule has 1 heterocycles. The monoisotopic (exact) mass is 764 g/mol. The summed E-state index contributed by atoms with van der Waals surface area (Å²) < 4.78 is 2.43. The minimum Gasteiger partial charge on any atom is -0.310 e. The van der Waals surface area contributed by atoms with E-state index in [1.54, 1.807) is 0 Å². The van der Waals surface area contributed by atoms with Crippen molar-refractivity contribution in [3.8, 4) is 50.2 Å². The molecule has 0 spiro atoms. The van der Waals surface area contributed by atoms with Gasteiger partial charge in [-0.05, 0) is 116 Å². The Kier molecular flexibility index (Phi) is 8.87. The van der Waals surface area contributed by atoms with Crippen molar-refractivity contribution in [2.75, 3.05) is 4.90 Å². The number of hydrogen-bond donors (Lipinski definition) is 0. The molecule has 11 rings (SSSR count). The smallest absolute Gasteiger partial charge is 0.0562 e. The molecule has 0 aliphatic carbocycles. The highest BCUT2D eigenvalue weighted by atomic mass is 15.1. The molecule has 1 aromatic heterocycles. The fourth-order valence-electron chi connectivity index (χ4n) is 8.94. The number of nitrogens with zero attached hydrogens (tertiary/aromatic N) is 2. The van der Waals surface area contributed by atoms with Crippen molar-refractivity contribution >= 4 is 49.6 Å². The minimum atomic E-state index is 1.08. The van der Waals surface area contributed by atoms with E-state index in [0.29, 0.717) is 0 Å². The van der Waals surface area contributed by atoms with Gasteiger partial charge in [0.15, 0.2) is 0 Å². The topological polar surface area (TPSA) is 8.17 Å². The van der Waals surface area contributed by atoms with E-state index in [4.69, 9.17) is 0 Å². The Bertz CT molecular complexity index is 3270. The van der Waals surface area contributed by atoms with Gasteiger partial charge >= 0.3 is 0 Å². The summed E-state index contributed by atoms with van der Waals surface area (Å²) in [7, 11) is 0. The van der Waals surface area contributed by atoms with E-state index in [1.165, 1.54) is 71.6 Å². The lowest BCUT2D eigenvalue weighted by atomic mass is 9.96. The molecule has 2 nitrogen and oxygen atoms in total. The van der Waals surface area contributed by atoms with Gasteiger partial charge in [-0.3, -0.25) is 0 Å². The molecular formula is C58H40N2. The largest absolute Gasteiger partial charge is 0.310 e. The van der Waals surface area contributed by atoms with Crippen LogP contribution in [0.15, 0.2) is 243 Å². The number of benzene rings is 10. The molecule has 2 heteroatoms. The van der Waals surface area contributed by atoms with Crippen molar-refractivity contribution in [2.45, 2.75) is 0 Å². The fraction of sp³-hybridized carbons (Fsp3) is 0. The van der Waals surface area contributed by atoms with Crippen LogP contribution in [-0.2, 0) is 0 Å². The number of hydrogen-bond acceptors (Lipinski definition) is 1. The second kappa shape index (κ2) is 15.1. The van der Waals surface area contributed by atoms with Gasteiger partial charge in [-0.1, -0.05) is 182 Å². The van der Waals surface area contributed by atoms with Gasteiger partial charge in [0, 0.05) is 33.5 Å². The Morgan fingerprint density at radius 1 is 0.283 bits per heavy atom. The second-order valence-electron chi connectivity index (χ2n) is 15.3. The van der Waals surface area contributed by atoms with Crippen LogP contribution in [0.25, 0.3) is 82.8 Å². The number of fused-ring (bicyclic) bond motifs is 4. The molecule has 60 heavy (non-hydrogen) atoms. The molecule has 0 aliphatic rings. The van der Waals surface area contributed by atoms with Crippen molar-refractivity contribution < 1.29 is 0 Å². The summed E-state index contributed by atoms with van der Waals surface area (Å²) >= 11 is 0. The highest BCUT2D eigenvalue weighted by Crippen LogP contribution is 2.44. The average molecular weight is 765 g/mol. The molecule has 0 radical (unpaired) electrons. The van der Waals surface area contributed by atoms with Gasteiger partial charge < -0.3 is 9.47 Å². The van der Waals surface area contributed by atoms with E-state index in [9.17, 15) is 0 Å². The predicted octanol–water partition coefficient (Wildman–Crippen LogP) is 16.1. The lowest BCUT2D eigenvalue weighted by Crippen LogP contribution is -2.10. The first-order chi connectivity index (χ1) is 29.8. The van der Waals surface area contributed by atoms with E-state index in [2.05, 4.69) is 252 Å². The molecule has 0 N–H and O–H groups in total. The zero-order valence-electron chi connectivity index (χ0n) is 33.0. The van der Waals surface area contributed by atoms with Gasteiger partial charge in [-0.15, -0.1) is 0 Å². The van der Waals surface area contributed by atoms with Crippen molar-refractivity contribution in [1.82, 2.24) is 4.57 Å². The second-order valence-corrected chi connectivity index (χ2v) is 15.3. The number of rotatable bonds is 8. The SMILES string of the molecule is c1ccc(-c2ccc(N(c3ccc(-c4cccc5ccccc45)cc3)c3ccc4c5c(-c6cccc(-c7ccccc7)c6)cccc5n(-c5ccccc5)c4c3)cc2)cc1. The van der Waals surface area contributed by atoms with Gasteiger partial charge in [-0.25, -0.2) is 0 Å². The van der Waals surface area contributed by atoms with Crippen molar-refractivity contribution in [3.63, 3.8) is 0 Å². The van der Waals surface area contributed by atoms with Crippen molar-refractivity contribution in [3.05, 3.63) is 243 Å². The van der Waals surface area contributed by atoms with Crippen LogP contribution in [0.5, 0.6) is 0 Å². The zero-order chi connectivity index (χ0) is 39.8. The molecule has 0 saturated heterocycles. The molecular weight excluding hydrogens is 725 g/mol. The van der Waals surface area contributed by atoms with Crippen LogP contribution in [0.4, 0.5) is 17.1 Å². The van der Waals surface area contributed by atoms with Crippen molar-refractivity contribution in [2.24, 2.45) is 0 Å². The van der Waals surface area contributed by atoms with E-state index in [0.717, 1.165) is 28.3 Å². The molecule has 0 aliphatic heterocycles. The summed E-state index contributed by atoms with van der Waals surface area (Å²) in [6.45, 7) is 0. The third-order valence-electron chi connectivity index (χ3n) is 11.8. The van der Waals surface area contributed by atoms with Crippen LogP contribution in [0.2, 0.25) is 0 Å². The van der Waals surface area contributed by atoms with E-state index < -0.39 is 0 Å². The number of aromatic nitrogens is 1. The summed E-state index contributed by atoms with van der Waals surface area (Å²) in [5.41, 5.74) is 16.4. The maximum atomic E-state index is 2.43. The molecule has 0 fully saturated rings. The maximum absolute atomic E-state index is 2.43. The first-order valence-electron chi connectivity index (χ1n) is 20.6. The van der Waals surface area contributed by atoms with Crippen LogP contribution in [-0.4, -0.2) is 4.57 Å². The first kappa shape index (κ1) is 35.2. The Morgan fingerprint density at radius 2 is 0.800 bits per heavy atom. The molecule has 11 aromatic rings. The molecule has 0 atom stereocenters. The summed E-state index contributed by atoms with van der Waals surface area (Å²) in [5.74, 6) is 0. The van der Waals surface area contributed by atoms with E-state index >= 15 is 0 Å². The number of anilines is 3. The summed E-state index contributed by atoms with van der Waals surface area (Å²) in [6, 6.07) is 87.9. The number of para-hydroxylation sites is 1. The summed E-state index contributed by atoms with van der Waals surface area (Å²) in [4.78, 5) is 2.39.